The SMILES string of the molecule is c1ccc2c(c1)CC[C@@]1(CCN(c3ccc4nncn4n3)C1)O2. The van der Waals surface area contributed by atoms with Crippen molar-refractivity contribution >= 4 is 11.5 Å². The Morgan fingerprint density at radius 2 is 2.04 bits per heavy atom. The Morgan fingerprint density at radius 3 is 3.04 bits per heavy atom. The van der Waals surface area contributed by atoms with Gasteiger partial charge in [-0.1, -0.05) is 18.2 Å². The molecule has 6 nitrogen and oxygen atoms in total. The second-order valence-electron chi connectivity index (χ2n) is 6.39. The number of aromatic nitrogens is 4. The zero-order chi connectivity index (χ0) is 15.3. The van der Waals surface area contributed by atoms with Crippen LogP contribution < -0.4 is 9.64 Å². The van der Waals surface area contributed by atoms with Crippen molar-refractivity contribution in [2.24, 2.45) is 0 Å². The zero-order valence-electron chi connectivity index (χ0n) is 12.7. The normalized spacial score (nSPS) is 23.2. The highest BCUT2D eigenvalue weighted by Crippen LogP contribution is 2.39. The van der Waals surface area contributed by atoms with E-state index >= 15 is 0 Å². The number of rotatable bonds is 1. The molecule has 6 heteroatoms. The molecule has 3 aromatic rings. The molecule has 1 aromatic carbocycles. The van der Waals surface area contributed by atoms with Gasteiger partial charge in [0.15, 0.2) is 5.65 Å². The van der Waals surface area contributed by atoms with Crippen molar-refractivity contribution in [1.82, 2.24) is 19.8 Å². The van der Waals surface area contributed by atoms with Crippen LogP contribution in [-0.2, 0) is 6.42 Å². The van der Waals surface area contributed by atoms with Crippen molar-refractivity contribution in [2.75, 3.05) is 18.0 Å². The highest BCUT2D eigenvalue weighted by atomic mass is 16.5. The number of fused-ring (bicyclic) bond motifs is 2. The monoisotopic (exact) mass is 307 g/mol. The summed E-state index contributed by atoms with van der Waals surface area (Å²) in [4.78, 5) is 2.30. The van der Waals surface area contributed by atoms with Crippen LogP contribution in [0.15, 0.2) is 42.7 Å². The molecule has 2 aliphatic rings. The molecule has 0 N–H and O–H groups in total. The summed E-state index contributed by atoms with van der Waals surface area (Å²) in [5, 5.41) is 12.5. The average molecular weight is 307 g/mol. The van der Waals surface area contributed by atoms with E-state index in [2.05, 4.69) is 38.4 Å². The lowest BCUT2D eigenvalue weighted by molar-refractivity contribution is 0.0682. The highest BCUT2D eigenvalue weighted by Gasteiger charge is 2.43. The number of anilines is 1. The molecule has 0 amide bonds. The minimum atomic E-state index is -0.0851. The predicted octanol–water partition coefficient (Wildman–Crippen LogP) is 2.10. The van der Waals surface area contributed by atoms with E-state index in [1.807, 2.05) is 18.2 Å². The van der Waals surface area contributed by atoms with E-state index in [4.69, 9.17) is 4.74 Å². The van der Waals surface area contributed by atoms with E-state index in [0.29, 0.717) is 0 Å². The molecular formula is C17H17N5O. The number of nitrogens with zero attached hydrogens (tertiary/aromatic N) is 5. The number of hydrogen-bond donors (Lipinski definition) is 0. The minimum absolute atomic E-state index is 0.0851. The molecule has 1 saturated heterocycles. The molecule has 2 aromatic heterocycles. The van der Waals surface area contributed by atoms with Gasteiger partial charge in [-0.3, -0.25) is 0 Å². The zero-order valence-corrected chi connectivity index (χ0v) is 12.7. The second kappa shape index (κ2) is 4.68. The third-order valence-electron chi connectivity index (χ3n) is 4.94. The van der Waals surface area contributed by atoms with Crippen LogP contribution >= 0.6 is 0 Å². The summed E-state index contributed by atoms with van der Waals surface area (Å²) >= 11 is 0. The van der Waals surface area contributed by atoms with Crippen molar-refractivity contribution in [1.29, 1.82) is 0 Å². The molecule has 1 fully saturated rings. The molecule has 2 aliphatic heterocycles. The first-order valence-corrected chi connectivity index (χ1v) is 8.00. The maximum absolute atomic E-state index is 6.40. The lowest BCUT2D eigenvalue weighted by Crippen LogP contribution is -2.42. The van der Waals surface area contributed by atoms with Gasteiger partial charge in [-0.15, -0.1) is 15.3 Å². The van der Waals surface area contributed by atoms with E-state index in [0.717, 1.165) is 49.6 Å². The summed E-state index contributed by atoms with van der Waals surface area (Å²) < 4.78 is 8.12. The quantitative estimate of drug-likeness (QED) is 0.689. The van der Waals surface area contributed by atoms with Gasteiger partial charge in [0, 0.05) is 13.0 Å². The van der Waals surface area contributed by atoms with Crippen LogP contribution in [0.1, 0.15) is 18.4 Å². The molecule has 116 valence electrons. The number of aryl methyl sites for hydroxylation is 1. The van der Waals surface area contributed by atoms with Crippen LogP contribution in [0.2, 0.25) is 0 Å². The predicted molar refractivity (Wildman–Crippen MR) is 85.7 cm³/mol. The third-order valence-corrected chi connectivity index (χ3v) is 4.94. The van der Waals surface area contributed by atoms with Crippen molar-refractivity contribution in [3.63, 3.8) is 0 Å². The summed E-state index contributed by atoms with van der Waals surface area (Å²) in [5.74, 6) is 2.00. The van der Waals surface area contributed by atoms with Crippen LogP contribution in [0.25, 0.3) is 5.65 Å². The summed E-state index contributed by atoms with van der Waals surface area (Å²) in [6.45, 7) is 1.84. The first-order chi connectivity index (χ1) is 11.3. The first-order valence-electron chi connectivity index (χ1n) is 8.00. The van der Waals surface area contributed by atoms with Gasteiger partial charge in [-0.25, -0.2) is 0 Å². The minimum Gasteiger partial charge on any atom is -0.485 e. The van der Waals surface area contributed by atoms with E-state index in [-0.39, 0.29) is 5.60 Å². The fourth-order valence-electron chi connectivity index (χ4n) is 3.67. The maximum Gasteiger partial charge on any atom is 0.177 e. The summed E-state index contributed by atoms with van der Waals surface area (Å²) in [6.07, 6.45) is 4.82. The van der Waals surface area contributed by atoms with E-state index in [1.54, 1.807) is 10.8 Å². The Bertz CT molecular complexity index is 876. The fraction of sp³-hybridized carbons (Fsp3) is 0.353. The molecule has 1 atom stereocenters. The largest absolute Gasteiger partial charge is 0.485 e. The molecule has 23 heavy (non-hydrogen) atoms. The lowest BCUT2D eigenvalue weighted by Gasteiger charge is -2.35. The summed E-state index contributed by atoms with van der Waals surface area (Å²) in [6, 6.07) is 12.3. The number of benzene rings is 1. The fourth-order valence-corrected chi connectivity index (χ4v) is 3.67. The topological polar surface area (TPSA) is 55.6 Å². The van der Waals surface area contributed by atoms with E-state index in [9.17, 15) is 0 Å². The molecule has 0 saturated carbocycles. The Kier molecular flexibility index (Phi) is 2.62. The summed E-state index contributed by atoms with van der Waals surface area (Å²) in [5.41, 5.74) is 2.00. The van der Waals surface area contributed by atoms with E-state index < -0.39 is 0 Å². The number of ether oxygens (including phenoxy) is 1. The van der Waals surface area contributed by atoms with Gasteiger partial charge < -0.3 is 9.64 Å². The van der Waals surface area contributed by atoms with Crippen molar-refractivity contribution in [2.45, 2.75) is 24.9 Å². The Morgan fingerprint density at radius 1 is 1.09 bits per heavy atom. The number of hydrogen-bond acceptors (Lipinski definition) is 5. The van der Waals surface area contributed by atoms with Crippen LogP contribution in [0.4, 0.5) is 5.82 Å². The third kappa shape index (κ3) is 2.05. The van der Waals surface area contributed by atoms with Crippen molar-refractivity contribution in [3.05, 3.63) is 48.3 Å². The van der Waals surface area contributed by atoms with Crippen LogP contribution in [0.3, 0.4) is 0 Å². The van der Waals surface area contributed by atoms with Gasteiger partial charge in [0.1, 0.15) is 23.5 Å². The van der Waals surface area contributed by atoms with Crippen LogP contribution in [0.5, 0.6) is 5.75 Å². The Labute approximate surface area is 133 Å². The smallest absolute Gasteiger partial charge is 0.177 e. The van der Waals surface area contributed by atoms with Crippen molar-refractivity contribution < 1.29 is 4.74 Å². The molecule has 1 spiro atoms. The summed E-state index contributed by atoms with van der Waals surface area (Å²) in [7, 11) is 0. The molecular weight excluding hydrogens is 290 g/mol. The Balaban J connectivity index is 1.42. The van der Waals surface area contributed by atoms with Crippen molar-refractivity contribution in [3.8, 4) is 5.75 Å². The van der Waals surface area contributed by atoms with Gasteiger partial charge in [-0.05, 0) is 36.6 Å². The standard InChI is InChI=1S/C17H17N5O/c1-2-4-14-13(3-1)7-8-17(23-14)9-10-21(11-17)16-6-5-15-19-18-12-22(15)20-16/h1-6,12H,7-11H2/t17-/m0/s1. The lowest BCUT2D eigenvalue weighted by atomic mass is 9.90. The van der Waals surface area contributed by atoms with Gasteiger partial charge >= 0.3 is 0 Å². The van der Waals surface area contributed by atoms with Gasteiger partial charge in [0.25, 0.3) is 0 Å². The number of para-hydroxylation sites is 1. The second-order valence-corrected chi connectivity index (χ2v) is 6.39. The van der Waals surface area contributed by atoms with Gasteiger partial charge in [0.2, 0.25) is 0 Å². The molecule has 5 rings (SSSR count). The molecule has 0 bridgehead atoms. The Hall–Kier alpha value is -2.63. The van der Waals surface area contributed by atoms with Crippen LogP contribution in [0, 0.1) is 0 Å². The maximum atomic E-state index is 6.40. The highest BCUT2D eigenvalue weighted by molar-refractivity contribution is 5.47. The van der Waals surface area contributed by atoms with Gasteiger partial charge in [-0.2, -0.15) is 4.52 Å². The molecule has 0 unspecified atom stereocenters. The molecule has 0 radical (unpaired) electrons. The average Bonchev–Trinajstić information content (AvgIpc) is 3.21. The van der Waals surface area contributed by atoms with E-state index in [1.165, 1.54) is 5.56 Å². The molecule has 4 heterocycles. The van der Waals surface area contributed by atoms with Gasteiger partial charge in [0.05, 0.1) is 6.54 Å². The molecule has 0 aliphatic carbocycles. The first kappa shape index (κ1) is 12.9. The van der Waals surface area contributed by atoms with Crippen LogP contribution in [-0.4, -0.2) is 38.5 Å².